The third-order valence-corrected chi connectivity index (χ3v) is 4.16. The lowest BCUT2D eigenvalue weighted by Crippen LogP contribution is -2.31. The molecule has 2 aromatic rings. The van der Waals surface area contributed by atoms with Crippen LogP contribution in [0.5, 0.6) is 0 Å². The molecule has 0 aliphatic carbocycles. The number of anilines is 2. The van der Waals surface area contributed by atoms with Crippen LogP contribution in [0.1, 0.15) is 12.0 Å². The van der Waals surface area contributed by atoms with Crippen LogP contribution in [0.15, 0.2) is 36.7 Å². The molecule has 1 saturated heterocycles. The van der Waals surface area contributed by atoms with Crippen LogP contribution in [0.2, 0.25) is 0 Å². The van der Waals surface area contributed by atoms with Gasteiger partial charge in [-0.3, -0.25) is 10.1 Å². The lowest BCUT2D eigenvalue weighted by atomic mass is 10.2. The number of nitro groups is 1. The fraction of sp³-hybridized carbons (Fsp3) is 0.375. The predicted octanol–water partition coefficient (Wildman–Crippen LogP) is 3.12. The van der Waals surface area contributed by atoms with E-state index in [1.165, 1.54) is 18.3 Å². The quantitative estimate of drug-likeness (QED) is 0.613. The third kappa shape index (κ3) is 4.01. The molecular weight excluding hydrogens is 351 g/mol. The molecule has 1 aliphatic rings. The Labute approximate surface area is 147 Å². The van der Waals surface area contributed by atoms with Crippen molar-refractivity contribution >= 4 is 17.3 Å². The molecule has 0 amide bonds. The van der Waals surface area contributed by atoms with Crippen LogP contribution in [0, 0.1) is 10.1 Å². The summed E-state index contributed by atoms with van der Waals surface area (Å²) in [5, 5.41) is 10.7. The minimum absolute atomic E-state index is 0.0702. The molecular formula is C16H16F3N5O2. The van der Waals surface area contributed by atoms with Gasteiger partial charge in [0.25, 0.3) is 5.69 Å². The third-order valence-electron chi connectivity index (χ3n) is 4.16. The first-order valence-corrected chi connectivity index (χ1v) is 7.98. The maximum absolute atomic E-state index is 12.6. The van der Waals surface area contributed by atoms with E-state index >= 15 is 0 Å². The molecule has 0 spiro atoms. The molecule has 10 heteroatoms. The summed E-state index contributed by atoms with van der Waals surface area (Å²) in [6.45, 7) is 2.51. The lowest BCUT2D eigenvalue weighted by molar-refractivity contribution is -0.385. The monoisotopic (exact) mass is 367 g/mol. The van der Waals surface area contributed by atoms with Crippen LogP contribution in [0.3, 0.4) is 0 Å². The van der Waals surface area contributed by atoms with Crippen molar-refractivity contribution < 1.29 is 18.1 Å². The van der Waals surface area contributed by atoms with E-state index in [0.29, 0.717) is 37.8 Å². The summed E-state index contributed by atoms with van der Waals surface area (Å²) >= 11 is 0. The first kappa shape index (κ1) is 17.9. The minimum atomic E-state index is -4.40. The molecule has 1 fully saturated rings. The van der Waals surface area contributed by atoms with E-state index in [-0.39, 0.29) is 5.69 Å². The van der Waals surface area contributed by atoms with Gasteiger partial charge in [-0.2, -0.15) is 13.2 Å². The van der Waals surface area contributed by atoms with Crippen molar-refractivity contribution in [1.29, 1.82) is 0 Å². The SMILES string of the molecule is O=[N+]([O-])c1ccc(N2CCCN(c3ccc(C(F)(F)F)cn3)CC2)nc1. The Hall–Kier alpha value is -2.91. The van der Waals surface area contributed by atoms with Crippen LogP contribution in [0.4, 0.5) is 30.5 Å². The van der Waals surface area contributed by atoms with Gasteiger partial charge < -0.3 is 9.80 Å². The van der Waals surface area contributed by atoms with E-state index in [4.69, 9.17) is 0 Å². The molecule has 0 bridgehead atoms. The van der Waals surface area contributed by atoms with Crippen LogP contribution in [-0.2, 0) is 6.18 Å². The van der Waals surface area contributed by atoms with Crippen molar-refractivity contribution in [2.45, 2.75) is 12.6 Å². The first-order valence-electron chi connectivity index (χ1n) is 7.98. The number of hydrogen-bond acceptors (Lipinski definition) is 6. The molecule has 3 heterocycles. The number of nitrogens with zero attached hydrogens (tertiary/aromatic N) is 5. The van der Waals surface area contributed by atoms with Gasteiger partial charge in [-0.15, -0.1) is 0 Å². The molecule has 0 atom stereocenters. The van der Waals surface area contributed by atoms with Gasteiger partial charge in [0.1, 0.15) is 17.8 Å². The highest BCUT2D eigenvalue weighted by atomic mass is 19.4. The van der Waals surface area contributed by atoms with Crippen molar-refractivity contribution in [1.82, 2.24) is 9.97 Å². The highest BCUT2D eigenvalue weighted by Crippen LogP contribution is 2.29. The summed E-state index contributed by atoms with van der Waals surface area (Å²) in [5.74, 6) is 1.13. The van der Waals surface area contributed by atoms with Gasteiger partial charge in [0, 0.05) is 38.4 Å². The molecule has 7 nitrogen and oxygen atoms in total. The molecule has 3 rings (SSSR count). The van der Waals surface area contributed by atoms with E-state index in [9.17, 15) is 23.3 Å². The van der Waals surface area contributed by atoms with E-state index in [0.717, 1.165) is 18.7 Å². The Balaban J connectivity index is 1.67. The van der Waals surface area contributed by atoms with E-state index < -0.39 is 16.7 Å². The fourth-order valence-electron chi connectivity index (χ4n) is 2.79. The second kappa shape index (κ2) is 7.14. The zero-order valence-electron chi connectivity index (χ0n) is 13.7. The van der Waals surface area contributed by atoms with Crippen molar-refractivity contribution in [3.8, 4) is 0 Å². The number of rotatable bonds is 3. The Bertz CT molecular complexity index is 765. The van der Waals surface area contributed by atoms with Crippen molar-refractivity contribution in [2.24, 2.45) is 0 Å². The number of alkyl halides is 3. The van der Waals surface area contributed by atoms with Crippen molar-refractivity contribution in [2.75, 3.05) is 36.0 Å². The Morgan fingerprint density at radius 3 is 1.92 bits per heavy atom. The average Bonchev–Trinajstić information content (AvgIpc) is 2.87. The van der Waals surface area contributed by atoms with Gasteiger partial charge in [0.2, 0.25) is 0 Å². The number of pyridine rings is 2. The van der Waals surface area contributed by atoms with Gasteiger partial charge >= 0.3 is 6.18 Å². The lowest BCUT2D eigenvalue weighted by Gasteiger charge is -2.23. The summed E-state index contributed by atoms with van der Waals surface area (Å²) in [5.41, 5.74) is -0.841. The van der Waals surface area contributed by atoms with Crippen molar-refractivity contribution in [3.63, 3.8) is 0 Å². The minimum Gasteiger partial charge on any atom is -0.355 e. The molecule has 0 N–H and O–H groups in total. The number of hydrogen-bond donors (Lipinski definition) is 0. The topological polar surface area (TPSA) is 75.4 Å². The average molecular weight is 367 g/mol. The molecule has 0 unspecified atom stereocenters. The summed E-state index contributed by atoms with van der Waals surface area (Å²) in [6.07, 6.45) is -1.57. The van der Waals surface area contributed by atoms with Gasteiger partial charge in [-0.1, -0.05) is 0 Å². The smallest absolute Gasteiger partial charge is 0.355 e. The Kier molecular flexibility index (Phi) is 4.92. The molecule has 0 radical (unpaired) electrons. The van der Waals surface area contributed by atoms with Crippen LogP contribution >= 0.6 is 0 Å². The molecule has 26 heavy (non-hydrogen) atoms. The Morgan fingerprint density at radius 1 is 0.923 bits per heavy atom. The summed E-state index contributed by atoms with van der Waals surface area (Å²) in [6, 6.07) is 5.41. The highest BCUT2D eigenvalue weighted by molar-refractivity contribution is 5.45. The maximum atomic E-state index is 12.6. The predicted molar refractivity (Wildman–Crippen MR) is 89.2 cm³/mol. The standard InChI is InChI=1S/C16H16F3N5O2/c17-16(18,19)12-2-4-14(20-10-12)22-6-1-7-23(9-8-22)15-5-3-13(11-21-15)24(25)26/h2-5,10-11H,1,6-9H2. The van der Waals surface area contributed by atoms with Gasteiger partial charge in [0.05, 0.1) is 10.5 Å². The second-order valence-electron chi connectivity index (χ2n) is 5.86. The van der Waals surface area contributed by atoms with Crippen molar-refractivity contribution in [3.05, 3.63) is 52.3 Å². The maximum Gasteiger partial charge on any atom is 0.417 e. The summed E-state index contributed by atoms with van der Waals surface area (Å²) < 4.78 is 37.9. The van der Waals surface area contributed by atoms with E-state index in [2.05, 4.69) is 9.97 Å². The second-order valence-corrected chi connectivity index (χ2v) is 5.86. The largest absolute Gasteiger partial charge is 0.417 e. The van der Waals surface area contributed by atoms with E-state index in [1.54, 1.807) is 6.07 Å². The van der Waals surface area contributed by atoms with Gasteiger partial charge in [-0.25, -0.2) is 9.97 Å². The molecule has 138 valence electrons. The fourth-order valence-corrected chi connectivity index (χ4v) is 2.79. The number of halogens is 3. The zero-order valence-corrected chi connectivity index (χ0v) is 13.7. The van der Waals surface area contributed by atoms with Crippen LogP contribution in [-0.4, -0.2) is 41.1 Å². The summed E-state index contributed by atoms with van der Waals surface area (Å²) in [4.78, 5) is 22.2. The zero-order chi connectivity index (χ0) is 18.7. The van der Waals surface area contributed by atoms with Crippen LogP contribution in [0.25, 0.3) is 0 Å². The number of aromatic nitrogens is 2. The van der Waals surface area contributed by atoms with E-state index in [1.807, 2.05) is 9.80 Å². The highest BCUT2D eigenvalue weighted by Gasteiger charge is 2.31. The molecule has 1 aliphatic heterocycles. The Morgan fingerprint density at radius 2 is 1.50 bits per heavy atom. The molecule has 0 aromatic carbocycles. The first-order chi connectivity index (χ1) is 12.3. The molecule has 2 aromatic heterocycles. The van der Waals surface area contributed by atoms with Gasteiger partial charge in [0.15, 0.2) is 0 Å². The normalized spacial score (nSPS) is 15.7. The van der Waals surface area contributed by atoms with Crippen LogP contribution < -0.4 is 9.80 Å². The molecule has 0 saturated carbocycles. The summed E-state index contributed by atoms with van der Waals surface area (Å²) in [7, 11) is 0. The van der Waals surface area contributed by atoms with Gasteiger partial charge in [-0.05, 0) is 24.6 Å².